The number of thioether (sulfide) groups is 3. The number of nitrogens with zero attached hydrogens (tertiary/aromatic N) is 4. The number of oxazole rings is 1. The normalized spacial score (nSPS) is 15.4. The zero-order valence-corrected chi connectivity index (χ0v) is 23.2. The van der Waals surface area contributed by atoms with Crippen LogP contribution in [0.1, 0.15) is 11.3 Å². The summed E-state index contributed by atoms with van der Waals surface area (Å²) in [4.78, 5) is 26.9. The average Bonchev–Trinajstić information content (AvgIpc) is 3.27. The number of aryl methyl sites for hydroxylation is 1. The molecule has 13 heteroatoms. The van der Waals surface area contributed by atoms with E-state index in [-0.39, 0.29) is 11.4 Å². The van der Waals surface area contributed by atoms with E-state index in [1.807, 2.05) is 25.5 Å². The molecule has 1 saturated heterocycles. The van der Waals surface area contributed by atoms with Crippen LogP contribution < -0.4 is 5.32 Å². The smallest absolute Gasteiger partial charge is 0.416 e. The minimum Gasteiger partial charge on any atom is -0.431 e. The molecule has 0 atom stereocenters. The van der Waals surface area contributed by atoms with Crippen LogP contribution in [0.25, 0.3) is 11.1 Å². The predicted octanol–water partition coefficient (Wildman–Crippen LogP) is 5.34. The third kappa shape index (κ3) is 7.34. The first kappa shape index (κ1) is 28.1. The number of aromatic nitrogens is 2. The second-order valence-corrected chi connectivity index (χ2v) is 11.2. The Bertz CT molecular complexity index is 1220. The lowest BCUT2D eigenvalue weighted by Gasteiger charge is -2.34. The van der Waals surface area contributed by atoms with Crippen molar-refractivity contribution in [1.82, 2.24) is 19.8 Å². The molecule has 0 radical (unpaired) electrons. The van der Waals surface area contributed by atoms with Crippen molar-refractivity contribution >= 4 is 58.0 Å². The van der Waals surface area contributed by atoms with Crippen LogP contribution in [0.4, 0.5) is 18.9 Å². The number of nitrogens with one attached hydrogen (secondary N) is 1. The summed E-state index contributed by atoms with van der Waals surface area (Å²) in [7, 11) is 0. The quantitative estimate of drug-likeness (QED) is 0.343. The molecule has 4 rings (SSSR count). The molecule has 0 saturated carbocycles. The van der Waals surface area contributed by atoms with E-state index in [1.165, 1.54) is 29.6 Å². The van der Waals surface area contributed by atoms with Gasteiger partial charge in [0, 0.05) is 49.1 Å². The zero-order valence-electron chi connectivity index (χ0n) is 20.7. The van der Waals surface area contributed by atoms with Gasteiger partial charge in [-0.2, -0.15) is 13.2 Å². The molecule has 3 heterocycles. The van der Waals surface area contributed by atoms with Crippen molar-refractivity contribution in [2.24, 2.45) is 0 Å². The van der Waals surface area contributed by atoms with E-state index < -0.39 is 11.7 Å². The summed E-state index contributed by atoms with van der Waals surface area (Å²) < 4.78 is 44.3. The average molecular weight is 572 g/mol. The predicted molar refractivity (Wildman–Crippen MR) is 144 cm³/mol. The minimum atomic E-state index is -4.41. The van der Waals surface area contributed by atoms with Crippen LogP contribution in [0, 0.1) is 6.92 Å². The maximum absolute atomic E-state index is 12.9. The first-order chi connectivity index (χ1) is 17.7. The number of piperazine rings is 1. The van der Waals surface area contributed by atoms with Crippen molar-refractivity contribution in [1.29, 1.82) is 0 Å². The van der Waals surface area contributed by atoms with E-state index in [0.29, 0.717) is 23.1 Å². The number of pyridine rings is 1. The van der Waals surface area contributed by atoms with Crippen LogP contribution in [-0.2, 0) is 11.0 Å². The molecule has 2 aromatic heterocycles. The SMILES string of the molecule is CSc1cc(C)nc(SC)c1NC(=O)CN1CCN(CCSc2nc3cc(C(F)(F)F)ccc3o2)CC1. The molecular formula is C24H28F3N5O2S3. The Morgan fingerprint density at radius 2 is 1.81 bits per heavy atom. The highest BCUT2D eigenvalue weighted by molar-refractivity contribution is 7.99. The molecule has 3 aromatic rings. The summed E-state index contributed by atoms with van der Waals surface area (Å²) in [5.74, 6) is 0.652. The van der Waals surface area contributed by atoms with Crippen molar-refractivity contribution in [3.63, 3.8) is 0 Å². The Balaban J connectivity index is 1.22. The van der Waals surface area contributed by atoms with Gasteiger partial charge in [0.15, 0.2) is 5.58 Å². The largest absolute Gasteiger partial charge is 0.431 e. The second kappa shape index (κ2) is 12.3. The number of alkyl halides is 3. The van der Waals surface area contributed by atoms with Gasteiger partial charge in [-0.3, -0.25) is 14.6 Å². The number of fused-ring (bicyclic) bond motifs is 1. The number of amides is 1. The van der Waals surface area contributed by atoms with Gasteiger partial charge < -0.3 is 9.73 Å². The molecular weight excluding hydrogens is 543 g/mol. The molecule has 0 aliphatic carbocycles. The lowest BCUT2D eigenvalue weighted by atomic mass is 10.2. The molecule has 1 aromatic carbocycles. The summed E-state index contributed by atoms with van der Waals surface area (Å²) in [6.45, 7) is 6.27. The van der Waals surface area contributed by atoms with Crippen molar-refractivity contribution < 1.29 is 22.4 Å². The van der Waals surface area contributed by atoms with Gasteiger partial charge in [0.1, 0.15) is 10.5 Å². The number of halogens is 3. The van der Waals surface area contributed by atoms with Gasteiger partial charge in [-0.1, -0.05) is 11.8 Å². The summed E-state index contributed by atoms with van der Waals surface area (Å²) in [5, 5.41) is 4.24. The molecule has 7 nitrogen and oxygen atoms in total. The Labute approximate surface area is 226 Å². The van der Waals surface area contributed by atoms with Gasteiger partial charge in [0.25, 0.3) is 5.22 Å². The summed E-state index contributed by atoms with van der Waals surface area (Å²) >= 11 is 4.49. The molecule has 37 heavy (non-hydrogen) atoms. The van der Waals surface area contributed by atoms with Crippen LogP contribution in [0.15, 0.2) is 43.8 Å². The van der Waals surface area contributed by atoms with Gasteiger partial charge in [-0.25, -0.2) is 9.97 Å². The van der Waals surface area contributed by atoms with Gasteiger partial charge >= 0.3 is 6.18 Å². The molecule has 200 valence electrons. The number of hydrogen-bond donors (Lipinski definition) is 1. The van der Waals surface area contributed by atoms with E-state index in [9.17, 15) is 18.0 Å². The zero-order chi connectivity index (χ0) is 26.6. The molecule has 0 unspecified atom stereocenters. The maximum Gasteiger partial charge on any atom is 0.416 e. The number of anilines is 1. The topological polar surface area (TPSA) is 74.5 Å². The molecule has 1 N–H and O–H groups in total. The lowest BCUT2D eigenvalue weighted by Crippen LogP contribution is -2.49. The van der Waals surface area contributed by atoms with E-state index in [2.05, 4.69) is 25.1 Å². The summed E-state index contributed by atoms with van der Waals surface area (Å²) in [6, 6.07) is 5.31. The van der Waals surface area contributed by atoms with Crippen molar-refractivity contribution in [2.75, 3.05) is 62.8 Å². The van der Waals surface area contributed by atoms with Gasteiger partial charge in [0.2, 0.25) is 5.91 Å². The van der Waals surface area contributed by atoms with E-state index in [4.69, 9.17) is 4.42 Å². The third-order valence-corrected chi connectivity index (χ3v) is 8.17. The first-order valence-electron chi connectivity index (χ1n) is 11.6. The standard InChI is InChI=1S/C24H28F3N5O2S3/c1-15-12-19(35-2)21(22(28-15)36-3)30-20(33)14-32-8-6-31(7-9-32)10-11-37-23-29-17-13-16(24(25,26)27)4-5-18(17)34-23/h4-5,12-13H,6-11,14H2,1-3H3,(H,30,33). The molecule has 1 fully saturated rings. The number of carbonyl (C=O) groups excluding carboxylic acids is 1. The van der Waals surface area contributed by atoms with Crippen molar-refractivity contribution in [2.45, 2.75) is 28.2 Å². The van der Waals surface area contributed by atoms with Crippen LogP contribution >= 0.6 is 35.3 Å². The highest BCUT2D eigenvalue weighted by Gasteiger charge is 2.31. The Kier molecular flexibility index (Phi) is 9.33. The summed E-state index contributed by atoms with van der Waals surface area (Å²) in [5.41, 5.74) is 1.52. The third-order valence-electron chi connectivity index (χ3n) is 5.92. The Morgan fingerprint density at radius 3 is 2.49 bits per heavy atom. The van der Waals surface area contributed by atoms with Crippen LogP contribution in [0.3, 0.4) is 0 Å². The molecule has 1 amide bonds. The monoisotopic (exact) mass is 571 g/mol. The van der Waals surface area contributed by atoms with Gasteiger partial charge in [0.05, 0.1) is 17.8 Å². The second-order valence-electron chi connectivity index (χ2n) is 8.52. The lowest BCUT2D eigenvalue weighted by molar-refractivity contribution is -0.137. The molecule has 0 spiro atoms. The molecule has 0 bridgehead atoms. The minimum absolute atomic E-state index is 0.0510. The Morgan fingerprint density at radius 1 is 1.08 bits per heavy atom. The number of rotatable bonds is 9. The number of hydrogen-bond acceptors (Lipinski definition) is 9. The van der Waals surface area contributed by atoms with Crippen LogP contribution in [0.5, 0.6) is 0 Å². The van der Waals surface area contributed by atoms with Crippen LogP contribution in [-0.4, -0.2) is 83.2 Å². The van der Waals surface area contributed by atoms with Gasteiger partial charge in [-0.05, 0) is 43.7 Å². The van der Waals surface area contributed by atoms with E-state index in [0.717, 1.165) is 66.2 Å². The highest BCUT2D eigenvalue weighted by atomic mass is 32.2. The van der Waals surface area contributed by atoms with Crippen molar-refractivity contribution in [3.8, 4) is 0 Å². The maximum atomic E-state index is 12.9. The van der Waals surface area contributed by atoms with Crippen LogP contribution in [0.2, 0.25) is 0 Å². The number of benzene rings is 1. The Hall–Kier alpha value is -1.93. The van der Waals surface area contributed by atoms with Gasteiger partial charge in [-0.15, -0.1) is 23.5 Å². The van der Waals surface area contributed by atoms with E-state index in [1.54, 1.807) is 11.8 Å². The fourth-order valence-electron chi connectivity index (χ4n) is 4.00. The van der Waals surface area contributed by atoms with Crippen molar-refractivity contribution in [3.05, 3.63) is 35.5 Å². The fourth-order valence-corrected chi connectivity index (χ4v) is 6.14. The fraction of sp³-hybridized carbons (Fsp3) is 0.458. The highest BCUT2D eigenvalue weighted by Crippen LogP contribution is 2.34. The number of carbonyl (C=O) groups is 1. The van der Waals surface area contributed by atoms with E-state index >= 15 is 0 Å². The summed E-state index contributed by atoms with van der Waals surface area (Å²) in [6.07, 6.45) is -0.469. The first-order valence-corrected chi connectivity index (χ1v) is 15.0. The molecule has 1 aliphatic rings. The molecule has 1 aliphatic heterocycles.